The second kappa shape index (κ2) is 7.10. The van der Waals surface area contributed by atoms with Crippen molar-refractivity contribution < 1.29 is 24.6 Å². The Kier molecular flexibility index (Phi) is 5.31. The molecule has 3 aliphatic rings. The van der Waals surface area contributed by atoms with Crippen molar-refractivity contribution in [2.45, 2.75) is 43.7 Å². The van der Waals surface area contributed by atoms with Gasteiger partial charge < -0.3 is 20.0 Å². The summed E-state index contributed by atoms with van der Waals surface area (Å²) in [4.78, 5) is 42.2. The third-order valence-electron chi connectivity index (χ3n) is 5.84. The highest BCUT2D eigenvalue weighted by molar-refractivity contribution is 8.03. The molecule has 0 saturated carbocycles. The van der Waals surface area contributed by atoms with Gasteiger partial charge in [0, 0.05) is 36.7 Å². The number of β-lactam (4-membered cyclic amide) rings is 1. The third-order valence-corrected chi connectivity index (χ3v) is 7.33. The molecule has 2 N–H and O–H groups in total. The minimum absolute atomic E-state index is 0.0423. The van der Waals surface area contributed by atoms with Crippen molar-refractivity contribution >= 4 is 29.5 Å². The maximum absolute atomic E-state index is 12.4. The van der Waals surface area contributed by atoms with Crippen molar-refractivity contribution in [3.05, 3.63) is 10.6 Å². The van der Waals surface area contributed by atoms with Crippen LogP contribution in [-0.4, -0.2) is 93.8 Å². The number of likely N-dealkylation sites (tertiary alicyclic amines) is 1. The molecule has 27 heavy (non-hydrogen) atoms. The van der Waals surface area contributed by atoms with Crippen LogP contribution >= 0.6 is 11.8 Å². The number of nitrogens with zero attached hydrogens (tertiary/aromatic N) is 3. The summed E-state index contributed by atoms with van der Waals surface area (Å²) in [5.74, 6) is -2.09. The third kappa shape index (κ3) is 3.15. The lowest BCUT2D eigenvalue weighted by atomic mass is 9.79. The summed E-state index contributed by atoms with van der Waals surface area (Å²) in [6.07, 6.45) is -0.167. The van der Waals surface area contributed by atoms with Crippen LogP contribution in [0.4, 0.5) is 0 Å². The monoisotopic (exact) mass is 397 g/mol. The summed E-state index contributed by atoms with van der Waals surface area (Å²) in [6, 6.07) is -0.517. The molecule has 0 bridgehead atoms. The number of rotatable bonds is 5. The molecule has 0 aromatic heterocycles. The van der Waals surface area contributed by atoms with E-state index in [-0.39, 0.29) is 40.8 Å². The fraction of sp³-hybridized carbons (Fsp3) is 0.722. The van der Waals surface area contributed by atoms with Crippen LogP contribution in [0.3, 0.4) is 0 Å². The molecular formula is C18H27N3O5S. The molecule has 8 nitrogen and oxygen atoms in total. The number of fused-ring (bicyclic) bond motifs is 1. The predicted molar refractivity (Wildman–Crippen MR) is 101 cm³/mol. The number of carboxylic acids is 1. The first-order valence-electron chi connectivity index (χ1n) is 9.12. The summed E-state index contributed by atoms with van der Waals surface area (Å²) in [5.41, 5.74) is 0.0458. The van der Waals surface area contributed by atoms with Gasteiger partial charge in [-0.2, -0.15) is 0 Å². The van der Waals surface area contributed by atoms with Gasteiger partial charge in [-0.15, -0.1) is 11.8 Å². The van der Waals surface area contributed by atoms with E-state index in [1.807, 2.05) is 18.9 Å². The lowest BCUT2D eigenvalue weighted by Crippen LogP contribution is -2.63. The number of carbonyl (C=O) groups excluding carboxylic acids is 2. The van der Waals surface area contributed by atoms with Crippen molar-refractivity contribution in [1.82, 2.24) is 14.7 Å². The Hall–Kier alpha value is -1.58. The summed E-state index contributed by atoms with van der Waals surface area (Å²) >= 11 is 1.47. The SMILES string of the molecule is CC(O)C1C(=O)N2C(C(=O)O)=C(SC3CC(C(=O)N(C)C)N(C)C3)C(C)C12. The zero-order chi connectivity index (χ0) is 20.2. The van der Waals surface area contributed by atoms with Gasteiger partial charge in [0.15, 0.2) is 0 Å². The smallest absolute Gasteiger partial charge is 0.353 e. The van der Waals surface area contributed by atoms with Gasteiger partial charge in [0.2, 0.25) is 11.8 Å². The van der Waals surface area contributed by atoms with E-state index in [2.05, 4.69) is 0 Å². The second-order valence-electron chi connectivity index (χ2n) is 7.94. The maximum Gasteiger partial charge on any atom is 0.353 e. The lowest BCUT2D eigenvalue weighted by Gasteiger charge is -2.46. The standard InChI is InChI=1S/C18H27N3O5S/c1-8-13-12(9(2)22)17(24)21(13)14(18(25)26)15(8)27-10-6-11(20(5)7-10)16(23)19(3)4/h8-13,22H,6-7H2,1-5H3,(H,25,26). The molecule has 6 unspecified atom stereocenters. The molecule has 2 fully saturated rings. The Balaban J connectivity index is 1.81. The predicted octanol–water partition coefficient (Wildman–Crippen LogP) is 0.0342. The van der Waals surface area contributed by atoms with E-state index in [4.69, 9.17) is 0 Å². The van der Waals surface area contributed by atoms with Gasteiger partial charge in [-0.25, -0.2) is 4.79 Å². The summed E-state index contributed by atoms with van der Waals surface area (Å²) < 4.78 is 0. The zero-order valence-electron chi connectivity index (χ0n) is 16.2. The van der Waals surface area contributed by atoms with E-state index in [0.717, 1.165) is 0 Å². The van der Waals surface area contributed by atoms with Crippen LogP contribution in [0.2, 0.25) is 0 Å². The Morgan fingerprint density at radius 2 is 1.96 bits per heavy atom. The van der Waals surface area contributed by atoms with Crippen LogP contribution in [-0.2, 0) is 14.4 Å². The van der Waals surface area contributed by atoms with Crippen molar-refractivity contribution in [2.75, 3.05) is 27.7 Å². The van der Waals surface area contributed by atoms with E-state index >= 15 is 0 Å². The molecular weight excluding hydrogens is 370 g/mol. The summed E-state index contributed by atoms with van der Waals surface area (Å²) in [7, 11) is 5.36. The molecule has 0 aromatic rings. The largest absolute Gasteiger partial charge is 0.477 e. The van der Waals surface area contributed by atoms with Crippen LogP contribution in [0, 0.1) is 11.8 Å². The molecule has 9 heteroatoms. The first-order chi connectivity index (χ1) is 12.6. The fourth-order valence-corrected chi connectivity index (χ4v) is 6.08. The number of thioether (sulfide) groups is 1. The molecule has 150 valence electrons. The molecule has 3 rings (SSSR count). The number of hydrogen-bond acceptors (Lipinski definition) is 6. The number of aliphatic hydroxyl groups is 1. The van der Waals surface area contributed by atoms with Crippen molar-refractivity contribution in [3.63, 3.8) is 0 Å². The van der Waals surface area contributed by atoms with Gasteiger partial charge in [0.25, 0.3) is 0 Å². The van der Waals surface area contributed by atoms with E-state index in [1.54, 1.807) is 25.9 Å². The topological polar surface area (TPSA) is 101 Å². The molecule has 3 heterocycles. The van der Waals surface area contributed by atoms with E-state index in [1.165, 1.54) is 16.7 Å². The van der Waals surface area contributed by atoms with Crippen molar-refractivity contribution in [2.24, 2.45) is 11.8 Å². The average Bonchev–Trinajstić information content (AvgIpc) is 3.03. The Labute approximate surface area is 163 Å². The average molecular weight is 397 g/mol. The minimum atomic E-state index is -1.11. The van der Waals surface area contributed by atoms with E-state index in [0.29, 0.717) is 17.9 Å². The number of aliphatic hydroxyl groups excluding tert-OH is 1. The van der Waals surface area contributed by atoms with Crippen molar-refractivity contribution in [1.29, 1.82) is 0 Å². The number of carbonyl (C=O) groups is 3. The highest BCUT2D eigenvalue weighted by atomic mass is 32.2. The first kappa shape index (κ1) is 20.2. The molecule has 0 aromatic carbocycles. The normalized spacial score (nSPS) is 34.5. The molecule has 0 aliphatic carbocycles. The summed E-state index contributed by atoms with van der Waals surface area (Å²) in [5, 5.41) is 19.7. The maximum atomic E-state index is 12.4. The van der Waals surface area contributed by atoms with E-state index < -0.39 is 18.0 Å². The number of carboxylic acid groups (broad SMARTS) is 1. The Bertz CT molecular complexity index is 707. The van der Waals surface area contributed by atoms with Gasteiger partial charge in [-0.05, 0) is 20.4 Å². The van der Waals surface area contributed by atoms with E-state index in [9.17, 15) is 24.6 Å². The number of amides is 2. The summed E-state index contributed by atoms with van der Waals surface area (Å²) in [6.45, 7) is 4.16. The second-order valence-corrected chi connectivity index (χ2v) is 9.28. The van der Waals surface area contributed by atoms with Crippen LogP contribution < -0.4 is 0 Å². The first-order valence-corrected chi connectivity index (χ1v) is 10.0. The number of aliphatic carboxylic acids is 1. The molecule has 3 aliphatic heterocycles. The van der Waals surface area contributed by atoms with Gasteiger partial charge in [0.1, 0.15) is 5.70 Å². The molecule has 0 radical (unpaired) electrons. The molecule has 2 amide bonds. The van der Waals surface area contributed by atoms with Gasteiger partial charge in [0.05, 0.1) is 24.1 Å². The number of likely N-dealkylation sites (N-methyl/N-ethyl adjacent to an activating group) is 2. The molecule has 6 atom stereocenters. The molecule has 0 spiro atoms. The Morgan fingerprint density at radius 1 is 1.33 bits per heavy atom. The zero-order valence-corrected chi connectivity index (χ0v) is 17.1. The Morgan fingerprint density at radius 3 is 2.48 bits per heavy atom. The quantitative estimate of drug-likeness (QED) is 0.632. The van der Waals surface area contributed by atoms with Gasteiger partial charge in [-0.1, -0.05) is 6.92 Å². The number of hydrogen-bond donors (Lipinski definition) is 2. The van der Waals surface area contributed by atoms with Crippen LogP contribution in [0.15, 0.2) is 10.6 Å². The van der Waals surface area contributed by atoms with Crippen LogP contribution in [0.5, 0.6) is 0 Å². The highest BCUT2D eigenvalue weighted by Gasteiger charge is 2.60. The van der Waals surface area contributed by atoms with Crippen LogP contribution in [0.25, 0.3) is 0 Å². The van der Waals surface area contributed by atoms with Gasteiger partial charge in [-0.3, -0.25) is 14.5 Å². The van der Waals surface area contributed by atoms with Crippen LogP contribution in [0.1, 0.15) is 20.3 Å². The lowest BCUT2D eigenvalue weighted by molar-refractivity contribution is -0.163. The van der Waals surface area contributed by atoms with Gasteiger partial charge >= 0.3 is 5.97 Å². The minimum Gasteiger partial charge on any atom is -0.477 e. The highest BCUT2D eigenvalue weighted by Crippen LogP contribution is 2.52. The van der Waals surface area contributed by atoms with Crippen molar-refractivity contribution in [3.8, 4) is 0 Å². The fourth-order valence-electron chi connectivity index (χ4n) is 4.48. The molecule has 2 saturated heterocycles.